The molecule has 0 spiro atoms. The lowest BCUT2D eigenvalue weighted by Crippen LogP contribution is -2.09. The highest BCUT2D eigenvalue weighted by Crippen LogP contribution is 2.24. The van der Waals surface area contributed by atoms with E-state index in [9.17, 15) is 4.79 Å². The number of hydrogen-bond acceptors (Lipinski definition) is 6. The van der Waals surface area contributed by atoms with E-state index < -0.39 is 5.97 Å². The molecular weight excluding hydrogens is 262 g/mol. The summed E-state index contributed by atoms with van der Waals surface area (Å²) >= 11 is 1.57. The summed E-state index contributed by atoms with van der Waals surface area (Å²) in [7, 11) is 1.34. The van der Waals surface area contributed by atoms with E-state index in [1.54, 1.807) is 23.6 Å². The van der Waals surface area contributed by atoms with Gasteiger partial charge in [-0.15, -0.1) is 11.3 Å². The fraction of sp³-hybridized carbons (Fsp3) is 0.231. The molecule has 0 aliphatic rings. The molecule has 0 atom stereocenters. The van der Waals surface area contributed by atoms with Gasteiger partial charge in [0.15, 0.2) is 0 Å². The Labute approximate surface area is 115 Å². The number of benzene rings is 1. The van der Waals surface area contributed by atoms with Crippen LogP contribution in [0.25, 0.3) is 0 Å². The van der Waals surface area contributed by atoms with Crippen LogP contribution in [-0.4, -0.2) is 18.1 Å². The Kier molecular flexibility index (Phi) is 4.01. The minimum absolute atomic E-state index is 0.379. The van der Waals surface area contributed by atoms with Crippen LogP contribution in [0.3, 0.4) is 0 Å². The molecule has 0 fully saturated rings. The first-order valence-corrected chi connectivity index (χ1v) is 6.60. The predicted molar refractivity (Wildman–Crippen MR) is 76.4 cm³/mol. The highest BCUT2D eigenvalue weighted by atomic mass is 32.1. The number of methoxy groups -OCH3 is 1. The number of nitrogens with zero attached hydrogens (tertiary/aromatic N) is 1. The number of carbonyl (C=O) groups is 1. The monoisotopic (exact) mass is 277 g/mol. The molecule has 0 unspecified atom stereocenters. The molecule has 5 nitrogen and oxygen atoms in total. The second-order valence-electron chi connectivity index (χ2n) is 4.03. The molecule has 0 bridgehead atoms. The van der Waals surface area contributed by atoms with Gasteiger partial charge in [-0.2, -0.15) is 0 Å². The van der Waals surface area contributed by atoms with Crippen molar-refractivity contribution in [3.8, 4) is 0 Å². The van der Waals surface area contributed by atoms with Gasteiger partial charge in [0.05, 0.1) is 19.2 Å². The Bertz CT molecular complexity index is 582. The van der Waals surface area contributed by atoms with Gasteiger partial charge in [-0.25, -0.2) is 9.78 Å². The Morgan fingerprint density at radius 1 is 1.53 bits per heavy atom. The van der Waals surface area contributed by atoms with Crippen molar-refractivity contribution < 1.29 is 9.53 Å². The molecule has 0 radical (unpaired) electrons. The van der Waals surface area contributed by atoms with Crippen LogP contribution in [0.5, 0.6) is 0 Å². The van der Waals surface area contributed by atoms with E-state index >= 15 is 0 Å². The second-order valence-corrected chi connectivity index (χ2v) is 5.00. The maximum atomic E-state index is 11.6. The number of thiazole rings is 1. The van der Waals surface area contributed by atoms with Gasteiger partial charge in [-0.05, 0) is 24.6 Å². The van der Waals surface area contributed by atoms with Crippen molar-refractivity contribution in [2.24, 2.45) is 0 Å². The van der Waals surface area contributed by atoms with Gasteiger partial charge in [0, 0.05) is 23.0 Å². The van der Waals surface area contributed by atoms with Crippen molar-refractivity contribution in [2.75, 3.05) is 18.2 Å². The Morgan fingerprint density at radius 3 is 2.95 bits per heavy atom. The van der Waals surface area contributed by atoms with Gasteiger partial charge < -0.3 is 15.8 Å². The molecule has 0 saturated carbocycles. The number of hydrogen-bond donors (Lipinski definition) is 2. The number of ether oxygens (including phenoxy) is 1. The first-order chi connectivity index (χ1) is 9.11. The average Bonchev–Trinajstić information content (AvgIpc) is 2.92. The van der Waals surface area contributed by atoms with E-state index in [0.717, 1.165) is 16.3 Å². The van der Waals surface area contributed by atoms with Crippen molar-refractivity contribution in [2.45, 2.75) is 13.5 Å². The average molecular weight is 277 g/mol. The number of nitrogens with two attached hydrogens (primary N) is 1. The summed E-state index contributed by atoms with van der Waals surface area (Å²) in [6, 6.07) is 3.59. The van der Waals surface area contributed by atoms with Crippen LogP contribution in [0, 0.1) is 6.92 Å². The minimum Gasteiger partial charge on any atom is -0.465 e. The Morgan fingerprint density at radius 2 is 2.32 bits per heavy atom. The maximum Gasteiger partial charge on any atom is 0.340 e. The second kappa shape index (κ2) is 5.71. The third-order valence-corrected chi connectivity index (χ3v) is 3.50. The molecule has 6 heteroatoms. The zero-order valence-corrected chi connectivity index (χ0v) is 11.6. The van der Waals surface area contributed by atoms with Gasteiger partial charge in [-0.1, -0.05) is 0 Å². The van der Waals surface area contributed by atoms with Crippen LogP contribution in [0.4, 0.5) is 11.4 Å². The lowest BCUT2D eigenvalue weighted by molar-refractivity contribution is 0.0602. The van der Waals surface area contributed by atoms with Gasteiger partial charge >= 0.3 is 5.97 Å². The van der Waals surface area contributed by atoms with Gasteiger partial charge in [0.25, 0.3) is 0 Å². The van der Waals surface area contributed by atoms with Crippen LogP contribution < -0.4 is 11.1 Å². The van der Waals surface area contributed by atoms with E-state index in [1.807, 2.05) is 18.4 Å². The zero-order chi connectivity index (χ0) is 13.8. The van der Waals surface area contributed by atoms with Crippen molar-refractivity contribution in [3.05, 3.63) is 39.8 Å². The number of aromatic nitrogens is 1. The molecule has 19 heavy (non-hydrogen) atoms. The van der Waals surface area contributed by atoms with Crippen LogP contribution >= 0.6 is 11.3 Å². The Hall–Kier alpha value is -2.08. The first kappa shape index (κ1) is 13.4. The number of rotatable bonds is 4. The molecule has 0 aliphatic carbocycles. The standard InChI is InChI=1S/C13H15N3O2S/c1-8-5-9(16-7-11-15-3-4-19-11)6-10(12(8)14)13(17)18-2/h3-6,16H,7,14H2,1-2H3. The number of carbonyl (C=O) groups excluding carboxylic acids is 1. The van der Waals surface area contributed by atoms with E-state index in [4.69, 9.17) is 10.5 Å². The summed E-state index contributed by atoms with van der Waals surface area (Å²) in [6.45, 7) is 2.47. The molecule has 0 amide bonds. The molecule has 2 rings (SSSR count). The molecule has 0 saturated heterocycles. The maximum absolute atomic E-state index is 11.6. The molecule has 1 aromatic carbocycles. The van der Waals surface area contributed by atoms with Gasteiger partial charge in [0.2, 0.25) is 0 Å². The number of esters is 1. The number of anilines is 2. The van der Waals surface area contributed by atoms with Gasteiger partial charge in [-0.3, -0.25) is 0 Å². The van der Waals surface area contributed by atoms with Crippen LogP contribution in [0.2, 0.25) is 0 Å². The summed E-state index contributed by atoms with van der Waals surface area (Å²) < 4.78 is 4.72. The van der Waals surface area contributed by atoms with Crippen LogP contribution in [0.1, 0.15) is 20.9 Å². The van der Waals surface area contributed by atoms with E-state index in [-0.39, 0.29) is 0 Å². The third-order valence-electron chi connectivity index (χ3n) is 2.72. The van der Waals surface area contributed by atoms with Crippen molar-refractivity contribution in [1.29, 1.82) is 0 Å². The number of nitrogen functional groups attached to an aromatic ring is 1. The smallest absolute Gasteiger partial charge is 0.340 e. The molecule has 2 aromatic rings. The normalized spacial score (nSPS) is 10.2. The quantitative estimate of drug-likeness (QED) is 0.663. The lowest BCUT2D eigenvalue weighted by Gasteiger charge is -2.11. The van der Waals surface area contributed by atoms with Gasteiger partial charge in [0.1, 0.15) is 5.01 Å². The molecule has 1 heterocycles. The van der Waals surface area contributed by atoms with E-state index in [2.05, 4.69) is 10.3 Å². The number of nitrogens with one attached hydrogen (secondary N) is 1. The summed E-state index contributed by atoms with van der Waals surface area (Å²) in [6.07, 6.45) is 1.76. The first-order valence-electron chi connectivity index (χ1n) is 5.72. The van der Waals surface area contributed by atoms with Crippen molar-refractivity contribution in [3.63, 3.8) is 0 Å². The predicted octanol–water partition coefficient (Wildman–Crippen LogP) is 2.43. The van der Waals surface area contributed by atoms with Crippen molar-refractivity contribution >= 4 is 28.7 Å². The largest absolute Gasteiger partial charge is 0.465 e. The molecule has 0 aliphatic heterocycles. The minimum atomic E-state index is -0.432. The SMILES string of the molecule is COC(=O)c1cc(NCc2nccs2)cc(C)c1N. The highest BCUT2D eigenvalue weighted by molar-refractivity contribution is 7.09. The summed E-state index contributed by atoms with van der Waals surface area (Å²) in [4.78, 5) is 15.8. The number of aryl methyl sites for hydroxylation is 1. The summed E-state index contributed by atoms with van der Waals surface area (Å²) in [5, 5.41) is 6.12. The van der Waals surface area contributed by atoms with Crippen molar-refractivity contribution in [1.82, 2.24) is 4.98 Å². The van der Waals surface area contributed by atoms with Crippen LogP contribution in [0.15, 0.2) is 23.7 Å². The molecule has 3 N–H and O–H groups in total. The summed E-state index contributed by atoms with van der Waals surface area (Å²) in [5.74, 6) is -0.432. The zero-order valence-electron chi connectivity index (χ0n) is 10.8. The fourth-order valence-corrected chi connectivity index (χ4v) is 2.25. The summed E-state index contributed by atoms with van der Waals surface area (Å²) in [5.41, 5.74) is 8.37. The van der Waals surface area contributed by atoms with E-state index in [0.29, 0.717) is 17.8 Å². The molecule has 100 valence electrons. The fourth-order valence-electron chi connectivity index (χ4n) is 1.70. The third kappa shape index (κ3) is 3.03. The molecular formula is C13H15N3O2S. The van der Waals surface area contributed by atoms with Crippen LogP contribution in [-0.2, 0) is 11.3 Å². The lowest BCUT2D eigenvalue weighted by atomic mass is 10.1. The topological polar surface area (TPSA) is 77.2 Å². The Balaban J connectivity index is 2.21. The molecule has 1 aromatic heterocycles. The highest BCUT2D eigenvalue weighted by Gasteiger charge is 2.13. The van der Waals surface area contributed by atoms with E-state index in [1.165, 1.54) is 7.11 Å².